The van der Waals surface area contributed by atoms with E-state index in [0.717, 1.165) is 11.3 Å². The average Bonchev–Trinajstić information content (AvgIpc) is 2.78. The lowest BCUT2D eigenvalue weighted by atomic mass is 10.5. The first-order chi connectivity index (χ1) is 8.06. The van der Waals surface area contributed by atoms with Crippen molar-refractivity contribution in [2.45, 2.75) is 24.1 Å². The Morgan fingerprint density at radius 3 is 2.71 bits per heavy atom. The van der Waals surface area contributed by atoms with E-state index in [-0.39, 0.29) is 0 Å². The summed E-state index contributed by atoms with van der Waals surface area (Å²) in [6.45, 7) is 6.75. The molecule has 0 spiro atoms. The highest BCUT2D eigenvalue weighted by Gasteiger charge is 2.24. The minimum atomic E-state index is -3.39. The van der Waals surface area contributed by atoms with Crippen LogP contribution in [-0.4, -0.2) is 25.8 Å². The minimum Gasteiger partial charge on any atom is -0.326 e. The van der Waals surface area contributed by atoms with Gasteiger partial charge < -0.3 is 5.73 Å². The molecular formula is C11H18N2O2S2. The molecule has 0 fully saturated rings. The number of rotatable bonds is 7. The zero-order valence-electron chi connectivity index (χ0n) is 9.93. The molecule has 17 heavy (non-hydrogen) atoms. The maximum absolute atomic E-state index is 12.3. The van der Waals surface area contributed by atoms with Gasteiger partial charge in [0.05, 0.1) is 0 Å². The van der Waals surface area contributed by atoms with Gasteiger partial charge in [0.1, 0.15) is 4.21 Å². The molecule has 0 unspecified atom stereocenters. The summed E-state index contributed by atoms with van der Waals surface area (Å²) in [7, 11) is -3.39. The molecule has 0 saturated heterocycles. The van der Waals surface area contributed by atoms with E-state index in [1.165, 1.54) is 15.6 Å². The molecule has 1 aromatic rings. The van der Waals surface area contributed by atoms with Crippen molar-refractivity contribution in [3.05, 3.63) is 29.7 Å². The fourth-order valence-corrected chi connectivity index (χ4v) is 4.33. The van der Waals surface area contributed by atoms with Crippen molar-refractivity contribution in [3.63, 3.8) is 0 Å². The highest BCUT2D eigenvalue weighted by molar-refractivity contribution is 7.91. The molecule has 1 heterocycles. The number of hydrogen-bond acceptors (Lipinski definition) is 4. The number of nitrogens with zero attached hydrogens (tertiary/aromatic N) is 1. The summed E-state index contributed by atoms with van der Waals surface area (Å²) in [5.74, 6) is 0. The van der Waals surface area contributed by atoms with Crippen LogP contribution in [0.25, 0.3) is 0 Å². The van der Waals surface area contributed by atoms with Crippen LogP contribution < -0.4 is 5.73 Å². The summed E-state index contributed by atoms with van der Waals surface area (Å²) in [5.41, 5.74) is 5.49. The van der Waals surface area contributed by atoms with Gasteiger partial charge in [-0.15, -0.1) is 17.9 Å². The van der Waals surface area contributed by atoms with Gasteiger partial charge in [-0.2, -0.15) is 4.31 Å². The first-order valence-electron chi connectivity index (χ1n) is 5.46. The Bertz CT molecular complexity index is 466. The molecular weight excluding hydrogens is 256 g/mol. The molecule has 96 valence electrons. The third kappa shape index (κ3) is 3.38. The molecule has 1 rings (SSSR count). The molecule has 0 radical (unpaired) electrons. The molecule has 6 heteroatoms. The normalized spacial score (nSPS) is 11.9. The quantitative estimate of drug-likeness (QED) is 0.771. The Morgan fingerprint density at radius 1 is 1.53 bits per heavy atom. The lowest BCUT2D eigenvalue weighted by Crippen LogP contribution is -2.31. The van der Waals surface area contributed by atoms with E-state index in [1.807, 2.05) is 6.92 Å². The van der Waals surface area contributed by atoms with Crippen LogP contribution in [0, 0.1) is 0 Å². The van der Waals surface area contributed by atoms with E-state index in [2.05, 4.69) is 6.58 Å². The Balaban J connectivity index is 3.02. The third-order valence-corrected chi connectivity index (χ3v) is 5.68. The van der Waals surface area contributed by atoms with Gasteiger partial charge in [-0.1, -0.05) is 13.0 Å². The smallest absolute Gasteiger partial charge is 0.252 e. The van der Waals surface area contributed by atoms with Gasteiger partial charge in [0.25, 0.3) is 10.0 Å². The van der Waals surface area contributed by atoms with E-state index < -0.39 is 10.0 Å². The van der Waals surface area contributed by atoms with Gasteiger partial charge >= 0.3 is 0 Å². The molecule has 0 aliphatic heterocycles. The Morgan fingerprint density at radius 2 is 2.24 bits per heavy atom. The lowest BCUT2D eigenvalue weighted by molar-refractivity contribution is 0.443. The van der Waals surface area contributed by atoms with Crippen molar-refractivity contribution in [3.8, 4) is 0 Å². The van der Waals surface area contributed by atoms with Gasteiger partial charge in [-0.3, -0.25) is 0 Å². The van der Waals surface area contributed by atoms with Crippen LogP contribution in [0.2, 0.25) is 0 Å². The molecule has 2 N–H and O–H groups in total. The van der Waals surface area contributed by atoms with Crippen LogP contribution >= 0.6 is 11.3 Å². The molecule has 0 bridgehead atoms. The Kier molecular flexibility index (Phi) is 5.32. The zero-order chi connectivity index (χ0) is 12.9. The SMILES string of the molecule is C=CCN(CCC)S(=O)(=O)c1ccc(CN)s1. The molecule has 0 aromatic carbocycles. The maximum Gasteiger partial charge on any atom is 0.252 e. The lowest BCUT2D eigenvalue weighted by Gasteiger charge is -2.18. The fraction of sp³-hybridized carbons (Fsp3) is 0.455. The van der Waals surface area contributed by atoms with Crippen LogP contribution in [0.5, 0.6) is 0 Å². The van der Waals surface area contributed by atoms with Gasteiger partial charge in [0, 0.05) is 24.5 Å². The Hall–Kier alpha value is -0.690. The van der Waals surface area contributed by atoms with E-state index in [4.69, 9.17) is 5.73 Å². The average molecular weight is 274 g/mol. The molecule has 0 aliphatic carbocycles. The molecule has 0 aliphatic rings. The number of hydrogen-bond donors (Lipinski definition) is 1. The topological polar surface area (TPSA) is 63.4 Å². The largest absolute Gasteiger partial charge is 0.326 e. The summed E-state index contributed by atoms with van der Waals surface area (Å²) in [6, 6.07) is 3.38. The summed E-state index contributed by atoms with van der Waals surface area (Å²) < 4.78 is 26.4. The third-order valence-electron chi connectivity index (χ3n) is 2.24. The van der Waals surface area contributed by atoms with Crippen molar-refractivity contribution in [1.82, 2.24) is 4.31 Å². The zero-order valence-corrected chi connectivity index (χ0v) is 11.6. The van der Waals surface area contributed by atoms with Crippen molar-refractivity contribution < 1.29 is 8.42 Å². The van der Waals surface area contributed by atoms with Gasteiger partial charge in [-0.05, 0) is 18.6 Å². The number of nitrogens with two attached hydrogens (primary N) is 1. The van der Waals surface area contributed by atoms with Crippen molar-refractivity contribution in [1.29, 1.82) is 0 Å². The molecule has 1 aromatic heterocycles. The summed E-state index contributed by atoms with van der Waals surface area (Å²) in [4.78, 5) is 0.874. The van der Waals surface area contributed by atoms with Gasteiger partial charge in [0.2, 0.25) is 0 Å². The molecule has 0 atom stereocenters. The minimum absolute atomic E-state index is 0.339. The predicted molar refractivity (Wildman–Crippen MR) is 71.5 cm³/mol. The first-order valence-corrected chi connectivity index (χ1v) is 7.71. The molecule has 0 amide bonds. The van der Waals surface area contributed by atoms with E-state index in [9.17, 15) is 8.42 Å². The van der Waals surface area contributed by atoms with Crippen molar-refractivity contribution >= 4 is 21.4 Å². The summed E-state index contributed by atoms with van der Waals surface area (Å²) >= 11 is 1.23. The molecule has 0 saturated carbocycles. The number of sulfonamides is 1. The van der Waals surface area contributed by atoms with Crippen LogP contribution in [0.3, 0.4) is 0 Å². The summed E-state index contributed by atoms with van der Waals surface area (Å²) in [5, 5.41) is 0. The van der Waals surface area contributed by atoms with Crippen LogP contribution in [0.4, 0.5) is 0 Å². The van der Waals surface area contributed by atoms with Crippen LogP contribution in [0.1, 0.15) is 18.2 Å². The van der Waals surface area contributed by atoms with Crippen LogP contribution in [0.15, 0.2) is 29.0 Å². The van der Waals surface area contributed by atoms with Crippen molar-refractivity contribution in [2.24, 2.45) is 5.73 Å². The predicted octanol–water partition coefficient (Wildman–Crippen LogP) is 1.79. The highest BCUT2D eigenvalue weighted by Crippen LogP contribution is 2.24. The first kappa shape index (κ1) is 14.4. The maximum atomic E-state index is 12.3. The van der Waals surface area contributed by atoms with E-state index in [1.54, 1.807) is 18.2 Å². The summed E-state index contributed by atoms with van der Waals surface area (Å²) in [6.07, 6.45) is 2.38. The van der Waals surface area contributed by atoms with Crippen molar-refractivity contribution in [2.75, 3.05) is 13.1 Å². The Labute approximate surface area is 107 Å². The monoisotopic (exact) mass is 274 g/mol. The van der Waals surface area contributed by atoms with Gasteiger partial charge in [-0.25, -0.2) is 8.42 Å². The second-order valence-corrected chi connectivity index (χ2v) is 6.91. The number of thiophene rings is 1. The highest BCUT2D eigenvalue weighted by atomic mass is 32.2. The standard InChI is InChI=1S/C11H18N2O2S2/c1-3-7-13(8-4-2)17(14,15)11-6-5-10(9-12)16-11/h3,5-6H,1,4,7-9,12H2,2H3. The second kappa shape index (κ2) is 6.30. The van der Waals surface area contributed by atoms with E-state index in [0.29, 0.717) is 23.8 Å². The van der Waals surface area contributed by atoms with Crippen LogP contribution in [-0.2, 0) is 16.6 Å². The molecule has 4 nitrogen and oxygen atoms in total. The fourth-order valence-electron chi connectivity index (χ4n) is 1.44. The second-order valence-electron chi connectivity index (χ2n) is 3.58. The van der Waals surface area contributed by atoms with Gasteiger partial charge in [0.15, 0.2) is 0 Å². The van der Waals surface area contributed by atoms with E-state index >= 15 is 0 Å².